The van der Waals surface area contributed by atoms with Crippen molar-refractivity contribution < 1.29 is 0 Å². The van der Waals surface area contributed by atoms with E-state index in [9.17, 15) is 0 Å². The molecule has 0 fully saturated rings. The van der Waals surface area contributed by atoms with Gasteiger partial charge >= 0.3 is 0 Å². The molecule has 2 heterocycles. The summed E-state index contributed by atoms with van der Waals surface area (Å²) in [6.45, 7) is 0. The van der Waals surface area contributed by atoms with Crippen LogP contribution in [0.4, 0.5) is 5.82 Å². The number of nitrogens with two attached hydrogens (primary N) is 1. The molecular formula is C8H8ClN3S. The molecule has 0 radical (unpaired) electrons. The first-order chi connectivity index (χ1) is 6.18. The van der Waals surface area contributed by atoms with Crippen molar-refractivity contribution in [3.8, 4) is 10.4 Å². The van der Waals surface area contributed by atoms with Crippen LogP contribution in [0.5, 0.6) is 0 Å². The SMILES string of the molecule is Cn1ncc(-c2ccc(Cl)s2)c1N. The monoisotopic (exact) mass is 213 g/mol. The Morgan fingerprint density at radius 3 is 2.77 bits per heavy atom. The summed E-state index contributed by atoms with van der Waals surface area (Å²) < 4.78 is 2.40. The fourth-order valence-electron chi connectivity index (χ4n) is 1.10. The summed E-state index contributed by atoms with van der Waals surface area (Å²) in [4.78, 5) is 1.05. The molecule has 0 amide bonds. The number of halogens is 1. The molecule has 0 aliphatic rings. The number of nitrogens with zero attached hydrogens (tertiary/aromatic N) is 2. The van der Waals surface area contributed by atoms with Crippen molar-refractivity contribution in [2.24, 2.45) is 7.05 Å². The van der Waals surface area contributed by atoms with E-state index in [1.165, 1.54) is 11.3 Å². The van der Waals surface area contributed by atoms with Gasteiger partial charge in [0.1, 0.15) is 5.82 Å². The molecule has 0 spiro atoms. The Hall–Kier alpha value is -1.00. The molecule has 2 rings (SSSR count). The summed E-state index contributed by atoms with van der Waals surface area (Å²) in [7, 11) is 1.81. The Bertz CT molecular complexity index is 432. The highest BCUT2D eigenvalue weighted by atomic mass is 35.5. The van der Waals surface area contributed by atoms with Crippen LogP contribution < -0.4 is 5.73 Å². The van der Waals surface area contributed by atoms with Crippen LogP contribution >= 0.6 is 22.9 Å². The summed E-state index contributed by atoms with van der Waals surface area (Å²) in [5.41, 5.74) is 6.75. The minimum atomic E-state index is 0.665. The van der Waals surface area contributed by atoms with Gasteiger partial charge < -0.3 is 5.73 Å². The molecule has 0 aliphatic heterocycles. The summed E-state index contributed by atoms with van der Waals surface area (Å²) in [6.07, 6.45) is 1.75. The van der Waals surface area contributed by atoms with E-state index in [4.69, 9.17) is 17.3 Å². The number of anilines is 1. The van der Waals surface area contributed by atoms with Crippen LogP contribution in [-0.4, -0.2) is 9.78 Å². The predicted octanol–water partition coefficient (Wildman–Crippen LogP) is 2.38. The largest absolute Gasteiger partial charge is 0.383 e. The van der Waals surface area contributed by atoms with E-state index in [0.717, 1.165) is 14.8 Å². The van der Waals surface area contributed by atoms with Crippen LogP contribution in [0.1, 0.15) is 0 Å². The van der Waals surface area contributed by atoms with Gasteiger partial charge in [0.05, 0.1) is 16.1 Å². The van der Waals surface area contributed by atoms with E-state index in [0.29, 0.717) is 5.82 Å². The smallest absolute Gasteiger partial charge is 0.130 e. The van der Waals surface area contributed by atoms with E-state index in [-0.39, 0.29) is 0 Å². The lowest BCUT2D eigenvalue weighted by Crippen LogP contribution is -1.97. The van der Waals surface area contributed by atoms with Gasteiger partial charge in [-0.15, -0.1) is 11.3 Å². The molecular weight excluding hydrogens is 206 g/mol. The molecule has 0 saturated heterocycles. The maximum absolute atomic E-state index is 5.82. The highest BCUT2D eigenvalue weighted by Crippen LogP contribution is 2.33. The van der Waals surface area contributed by atoms with Crippen LogP contribution in [0.25, 0.3) is 10.4 Å². The third-order valence-corrected chi connectivity index (χ3v) is 3.09. The second-order valence-electron chi connectivity index (χ2n) is 2.67. The topological polar surface area (TPSA) is 43.8 Å². The molecule has 2 N–H and O–H groups in total. The molecule has 0 aromatic carbocycles. The average molecular weight is 214 g/mol. The van der Waals surface area contributed by atoms with Gasteiger partial charge in [0.15, 0.2) is 0 Å². The van der Waals surface area contributed by atoms with Crippen molar-refractivity contribution in [2.45, 2.75) is 0 Å². The molecule has 5 heteroatoms. The summed E-state index contributed by atoms with van der Waals surface area (Å²) in [6, 6.07) is 3.80. The van der Waals surface area contributed by atoms with Crippen molar-refractivity contribution in [1.82, 2.24) is 9.78 Å². The van der Waals surface area contributed by atoms with E-state index < -0.39 is 0 Å². The van der Waals surface area contributed by atoms with Gasteiger partial charge in [-0.1, -0.05) is 11.6 Å². The van der Waals surface area contributed by atoms with Crippen LogP contribution in [-0.2, 0) is 7.05 Å². The van der Waals surface area contributed by atoms with Gasteiger partial charge in [0, 0.05) is 11.9 Å². The second-order valence-corrected chi connectivity index (χ2v) is 4.39. The quantitative estimate of drug-likeness (QED) is 0.791. The number of nitrogen functional groups attached to an aromatic ring is 1. The number of rotatable bonds is 1. The van der Waals surface area contributed by atoms with Crippen molar-refractivity contribution in [3.63, 3.8) is 0 Å². The molecule has 2 aromatic rings. The highest BCUT2D eigenvalue weighted by Gasteiger charge is 2.08. The summed E-state index contributed by atoms with van der Waals surface area (Å²) in [5, 5.41) is 4.06. The second kappa shape index (κ2) is 3.05. The maximum atomic E-state index is 5.82. The lowest BCUT2D eigenvalue weighted by molar-refractivity contribution is 0.779. The normalized spacial score (nSPS) is 10.6. The first kappa shape index (κ1) is 8.59. The molecule has 0 saturated carbocycles. The van der Waals surface area contributed by atoms with Gasteiger partial charge in [0.25, 0.3) is 0 Å². The minimum Gasteiger partial charge on any atom is -0.383 e. The lowest BCUT2D eigenvalue weighted by Gasteiger charge is -1.95. The number of aryl methyl sites for hydroxylation is 1. The first-order valence-corrected chi connectivity index (χ1v) is 4.91. The zero-order valence-electron chi connectivity index (χ0n) is 6.99. The molecule has 0 unspecified atom stereocenters. The molecule has 0 aliphatic carbocycles. The van der Waals surface area contributed by atoms with Crippen LogP contribution in [0.3, 0.4) is 0 Å². The zero-order valence-corrected chi connectivity index (χ0v) is 8.56. The van der Waals surface area contributed by atoms with Gasteiger partial charge in [-0.05, 0) is 12.1 Å². The van der Waals surface area contributed by atoms with Gasteiger partial charge in [-0.3, -0.25) is 4.68 Å². The summed E-state index contributed by atoms with van der Waals surface area (Å²) in [5.74, 6) is 0.665. The summed E-state index contributed by atoms with van der Waals surface area (Å²) >= 11 is 7.32. The van der Waals surface area contributed by atoms with E-state index in [1.807, 2.05) is 19.2 Å². The Balaban J connectivity index is 2.52. The first-order valence-electron chi connectivity index (χ1n) is 3.71. The Morgan fingerprint density at radius 2 is 2.31 bits per heavy atom. The Kier molecular flexibility index (Phi) is 2.01. The average Bonchev–Trinajstić information content (AvgIpc) is 2.62. The minimum absolute atomic E-state index is 0.665. The number of aromatic nitrogens is 2. The van der Waals surface area contributed by atoms with E-state index in [2.05, 4.69) is 5.10 Å². The molecule has 0 bridgehead atoms. The lowest BCUT2D eigenvalue weighted by atomic mass is 10.3. The van der Waals surface area contributed by atoms with Crippen LogP contribution in [0.2, 0.25) is 4.34 Å². The maximum Gasteiger partial charge on any atom is 0.130 e. The van der Waals surface area contributed by atoms with Crippen molar-refractivity contribution in [3.05, 3.63) is 22.7 Å². The highest BCUT2D eigenvalue weighted by molar-refractivity contribution is 7.19. The van der Waals surface area contributed by atoms with Gasteiger partial charge in [0.2, 0.25) is 0 Å². The fourth-order valence-corrected chi connectivity index (χ4v) is 2.16. The van der Waals surface area contributed by atoms with Crippen LogP contribution in [0.15, 0.2) is 18.3 Å². The Morgan fingerprint density at radius 1 is 1.54 bits per heavy atom. The molecule has 13 heavy (non-hydrogen) atoms. The Labute approximate surface area is 84.7 Å². The third kappa shape index (κ3) is 1.43. The number of thiophene rings is 1. The van der Waals surface area contributed by atoms with Crippen molar-refractivity contribution in [1.29, 1.82) is 0 Å². The fraction of sp³-hybridized carbons (Fsp3) is 0.125. The molecule has 2 aromatic heterocycles. The molecule has 3 nitrogen and oxygen atoms in total. The van der Waals surface area contributed by atoms with Crippen molar-refractivity contribution >= 4 is 28.8 Å². The van der Waals surface area contributed by atoms with Crippen LogP contribution in [0, 0.1) is 0 Å². The van der Waals surface area contributed by atoms with Crippen molar-refractivity contribution in [2.75, 3.05) is 5.73 Å². The molecule has 0 atom stereocenters. The van der Waals surface area contributed by atoms with E-state index >= 15 is 0 Å². The number of hydrogen-bond acceptors (Lipinski definition) is 3. The zero-order chi connectivity index (χ0) is 9.42. The number of hydrogen-bond donors (Lipinski definition) is 1. The van der Waals surface area contributed by atoms with E-state index in [1.54, 1.807) is 10.9 Å². The van der Waals surface area contributed by atoms with Gasteiger partial charge in [-0.2, -0.15) is 5.10 Å². The molecule has 68 valence electrons. The standard InChI is InChI=1S/C8H8ClN3S/c1-12-8(10)5(4-11-12)6-2-3-7(9)13-6/h2-4H,10H2,1H3. The predicted molar refractivity (Wildman–Crippen MR) is 55.9 cm³/mol. The van der Waals surface area contributed by atoms with Gasteiger partial charge in [-0.25, -0.2) is 0 Å². The third-order valence-electron chi connectivity index (χ3n) is 1.82.